The molecular weight excluding hydrogens is 334 g/mol. The van der Waals surface area contributed by atoms with Gasteiger partial charge in [-0.05, 0) is 36.6 Å². The van der Waals surface area contributed by atoms with Crippen LogP contribution in [0.1, 0.15) is 18.4 Å². The van der Waals surface area contributed by atoms with Crippen molar-refractivity contribution in [2.45, 2.75) is 19.4 Å². The van der Waals surface area contributed by atoms with Crippen LogP contribution in [-0.4, -0.2) is 31.0 Å². The number of methoxy groups -OCH3 is 2. The fourth-order valence-corrected chi connectivity index (χ4v) is 2.69. The van der Waals surface area contributed by atoms with Crippen LogP contribution in [0.5, 0.6) is 11.5 Å². The molecule has 136 valence electrons. The summed E-state index contributed by atoms with van der Waals surface area (Å²) in [6.07, 6.45) is 4.39. The van der Waals surface area contributed by atoms with Gasteiger partial charge in [-0.25, -0.2) is 0 Å². The Balaban J connectivity index is 1.68. The Labute approximate surface area is 151 Å². The standard InChI is InChI=1S/C19H21N3O4/c1-25-14-5-6-16(26-2)15(10-14)22-18(24)19(7-8-19)17(23)21-12-13-4-3-9-20-11-13/h3-6,9-11H,7-8,12H2,1-2H3,(H,21,23)(H,22,24). The highest BCUT2D eigenvalue weighted by Crippen LogP contribution is 2.47. The molecule has 1 aliphatic rings. The Bertz CT molecular complexity index is 804. The number of benzene rings is 1. The third kappa shape index (κ3) is 3.61. The molecule has 0 saturated heterocycles. The van der Waals surface area contributed by atoms with Crippen LogP contribution in [0, 0.1) is 5.41 Å². The molecule has 0 spiro atoms. The fraction of sp³-hybridized carbons (Fsp3) is 0.316. The fourth-order valence-electron chi connectivity index (χ4n) is 2.69. The maximum Gasteiger partial charge on any atom is 0.240 e. The summed E-state index contributed by atoms with van der Waals surface area (Å²) in [5.41, 5.74) is 0.325. The van der Waals surface area contributed by atoms with Crippen LogP contribution >= 0.6 is 0 Å². The minimum absolute atomic E-state index is 0.277. The summed E-state index contributed by atoms with van der Waals surface area (Å²) in [4.78, 5) is 29.3. The Kier molecular flexibility index (Phi) is 5.06. The molecule has 26 heavy (non-hydrogen) atoms. The van der Waals surface area contributed by atoms with Crippen molar-refractivity contribution < 1.29 is 19.1 Å². The molecule has 0 bridgehead atoms. The first-order valence-electron chi connectivity index (χ1n) is 8.30. The quantitative estimate of drug-likeness (QED) is 0.743. The van der Waals surface area contributed by atoms with Gasteiger partial charge >= 0.3 is 0 Å². The highest BCUT2D eigenvalue weighted by Gasteiger charge is 2.56. The summed E-state index contributed by atoms with van der Waals surface area (Å²) in [5.74, 6) is 0.478. The molecule has 1 aromatic carbocycles. The van der Waals surface area contributed by atoms with E-state index in [4.69, 9.17) is 9.47 Å². The molecule has 1 saturated carbocycles. The minimum atomic E-state index is -1.03. The van der Waals surface area contributed by atoms with Crippen LogP contribution in [0.4, 0.5) is 5.69 Å². The van der Waals surface area contributed by atoms with E-state index in [1.165, 1.54) is 7.11 Å². The minimum Gasteiger partial charge on any atom is -0.497 e. The average molecular weight is 355 g/mol. The van der Waals surface area contributed by atoms with E-state index >= 15 is 0 Å². The van der Waals surface area contributed by atoms with Gasteiger partial charge in [-0.1, -0.05) is 6.07 Å². The predicted molar refractivity (Wildman–Crippen MR) is 95.9 cm³/mol. The van der Waals surface area contributed by atoms with Crippen LogP contribution < -0.4 is 20.1 Å². The summed E-state index contributed by atoms with van der Waals surface area (Å²) in [6.45, 7) is 0.337. The van der Waals surface area contributed by atoms with Gasteiger partial charge in [-0.15, -0.1) is 0 Å². The molecule has 0 aliphatic heterocycles. The maximum absolute atomic E-state index is 12.7. The molecule has 1 aromatic heterocycles. The van der Waals surface area contributed by atoms with E-state index in [1.54, 1.807) is 43.8 Å². The molecule has 3 rings (SSSR count). The molecule has 2 N–H and O–H groups in total. The number of hydrogen-bond donors (Lipinski definition) is 2. The van der Waals surface area contributed by atoms with Crippen molar-refractivity contribution in [2.75, 3.05) is 19.5 Å². The highest BCUT2D eigenvalue weighted by atomic mass is 16.5. The topological polar surface area (TPSA) is 89.5 Å². The lowest BCUT2D eigenvalue weighted by molar-refractivity contribution is -0.134. The average Bonchev–Trinajstić information content (AvgIpc) is 3.49. The normalized spacial score (nSPS) is 14.2. The van der Waals surface area contributed by atoms with Crippen LogP contribution in [-0.2, 0) is 16.1 Å². The zero-order chi connectivity index (χ0) is 18.6. The smallest absolute Gasteiger partial charge is 0.240 e. The SMILES string of the molecule is COc1ccc(OC)c(NC(=O)C2(C(=O)NCc3cccnc3)CC2)c1. The third-order valence-corrected chi connectivity index (χ3v) is 4.45. The Morgan fingerprint density at radius 3 is 2.58 bits per heavy atom. The number of hydrogen-bond acceptors (Lipinski definition) is 5. The zero-order valence-electron chi connectivity index (χ0n) is 14.7. The van der Waals surface area contributed by atoms with E-state index in [0.29, 0.717) is 36.6 Å². The molecule has 0 atom stereocenters. The van der Waals surface area contributed by atoms with Crippen molar-refractivity contribution in [1.82, 2.24) is 10.3 Å². The Morgan fingerprint density at radius 2 is 1.96 bits per heavy atom. The second-order valence-electron chi connectivity index (χ2n) is 6.15. The molecule has 1 aliphatic carbocycles. The van der Waals surface area contributed by atoms with Gasteiger partial charge in [0.2, 0.25) is 11.8 Å². The van der Waals surface area contributed by atoms with Crippen molar-refractivity contribution in [3.05, 3.63) is 48.3 Å². The van der Waals surface area contributed by atoms with Gasteiger partial charge in [0.1, 0.15) is 16.9 Å². The van der Waals surface area contributed by atoms with Gasteiger partial charge in [0.15, 0.2) is 0 Å². The summed E-state index contributed by atoms with van der Waals surface area (Å²) in [5, 5.41) is 5.62. The van der Waals surface area contributed by atoms with E-state index in [2.05, 4.69) is 15.6 Å². The number of aromatic nitrogens is 1. The lowest BCUT2D eigenvalue weighted by atomic mass is 10.0. The molecule has 2 aromatic rings. The van der Waals surface area contributed by atoms with Gasteiger partial charge in [-0.2, -0.15) is 0 Å². The molecule has 0 unspecified atom stereocenters. The summed E-state index contributed by atoms with van der Waals surface area (Å²) in [6, 6.07) is 8.78. The number of carbonyl (C=O) groups is 2. The lowest BCUT2D eigenvalue weighted by Crippen LogP contribution is -2.39. The van der Waals surface area contributed by atoms with Crippen LogP contribution in [0.3, 0.4) is 0 Å². The zero-order valence-corrected chi connectivity index (χ0v) is 14.7. The largest absolute Gasteiger partial charge is 0.497 e. The summed E-state index contributed by atoms with van der Waals surface area (Å²) < 4.78 is 10.4. The second kappa shape index (κ2) is 7.43. The number of rotatable bonds is 7. The molecule has 2 amide bonds. The van der Waals surface area contributed by atoms with E-state index in [1.807, 2.05) is 6.07 Å². The molecular formula is C19H21N3O4. The lowest BCUT2D eigenvalue weighted by Gasteiger charge is -2.17. The monoisotopic (exact) mass is 355 g/mol. The van der Waals surface area contributed by atoms with E-state index < -0.39 is 5.41 Å². The number of anilines is 1. The van der Waals surface area contributed by atoms with Gasteiger partial charge in [0.25, 0.3) is 0 Å². The van der Waals surface area contributed by atoms with Crippen LogP contribution in [0.15, 0.2) is 42.7 Å². The Morgan fingerprint density at radius 1 is 1.15 bits per heavy atom. The van der Waals surface area contributed by atoms with Crippen LogP contribution in [0.2, 0.25) is 0 Å². The summed E-state index contributed by atoms with van der Waals surface area (Å²) >= 11 is 0. The number of ether oxygens (including phenoxy) is 2. The molecule has 7 heteroatoms. The van der Waals surface area contributed by atoms with Crippen molar-refractivity contribution in [1.29, 1.82) is 0 Å². The van der Waals surface area contributed by atoms with Gasteiger partial charge < -0.3 is 20.1 Å². The first-order valence-corrected chi connectivity index (χ1v) is 8.30. The first-order chi connectivity index (χ1) is 12.6. The van der Waals surface area contributed by atoms with E-state index in [0.717, 1.165) is 5.56 Å². The van der Waals surface area contributed by atoms with Gasteiger partial charge in [-0.3, -0.25) is 14.6 Å². The number of pyridine rings is 1. The molecule has 1 heterocycles. The summed E-state index contributed by atoms with van der Waals surface area (Å²) in [7, 11) is 3.06. The molecule has 1 fully saturated rings. The van der Waals surface area contributed by atoms with Crippen molar-refractivity contribution in [3.63, 3.8) is 0 Å². The van der Waals surface area contributed by atoms with Crippen molar-refractivity contribution >= 4 is 17.5 Å². The van der Waals surface area contributed by atoms with Crippen molar-refractivity contribution in [3.8, 4) is 11.5 Å². The van der Waals surface area contributed by atoms with E-state index in [9.17, 15) is 9.59 Å². The third-order valence-electron chi connectivity index (χ3n) is 4.45. The first kappa shape index (κ1) is 17.7. The maximum atomic E-state index is 12.7. The molecule has 7 nitrogen and oxygen atoms in total. The number of nitrogens with one attached hydrogen (secondary N) is 2. The second-order valence-corrected chi connectivity index (χ2v) is 6.15. The predicted octanol–water partition coefficient (Wildman–Crippen LogP) is 2.13. The van der Waals surface area contributed by atoms with Crippen LogP contribution in [0.25, 0.3) is 0 Å². The number of carbonyl (C=O) groups excluding carboxylic acids is 2. The Hall–Kier alpha value is -3.09. The van der Waals surface area contributed by atoms with E-state index in [-0.39, 0.29) is 11.8 Å². The van der Waals surface area contributed by atoms with Gasteiger partial charge in [0, 0.05) is 25.0 Å². The van der Waals surface area contributed by atoms with Gasteiger partial charge in [0.05, 0.1) is 19.9 Å². The highest BCUT2D eigenvalue weighted by molar-refractivity contribution is 6.13. The number of nitrogens with zero attached hydrogens (tertiary/aromatic N) is 1. The van der Waals surface area contributed by atoms with Crippen molar-refractivity contribution in [2.24, 2.45) is 5.41 Å². The number of amides is 2. The molecule has 0 radical (unpaired) electrons.